The van der Waals surface area contributed by atoms with Crippen LogP contribution in [0, 0.1) is 5.82 Å². The molecule has 2 heterocycles. The van der Waals surface area contributed by atoms with Gasteiger partial charge in [-0.05, 0) is 24.6 Å². The normalized spacial score (nSPS) is 11.0. The first-order valence-electron chi connectivity index (χ1n) is 6.79. The first kappa shape index (κ1) is 13.4. The fourth-order valence-electron chi connectivity index (χ4n) is 2.26. The van der Waals surface area contributed by atoms with Crippen molar-refractivity contribution in [2.24, 2.45) is 0 Å². The average Bonchev–Trinajstić information content (AvgIpc) is 3.10. The first-order chi connectivity index (χ1) is 10.2. The molecule has 0 fully saturated rings. The zero-order valence-corrected chi connectivity index (χ0v) is 11.7. The fraction of sp³-hybridized carbons (Fsp3) is 0.200. The van der Waals surface area contributed by atoms with Crippen molar-refractivity contribution in [1.82, 2.24) is 19.3 Å². The Kier molecular flexibility index (Phi) is 3.43. The molecule has 0 amide bonds. The number of hydrogen-bond acceptors (Lipinski definition) is 3. The lowest BCUT2D eigenvalue weighted by Crippen LogP contribution is -2.00. The number of benzene rings is 1. The molecule has 0 saturated carbocycles. The predicted octanol–water partition coefficient (Wildman–Crippen LogP) is 2.87. The summed E-state index contributed by atoms with van der Waals surface area (Å²) >= 11 is 0. The van der Waals surface area contributed by atoms with Gasteiger partial charge in [0.1, 0.15) is 5.82 Å². The van der Waals surface area contributed by atoms with Crippen molar-refractivity contribution in [2.75, 3.05) is 5.73 Å². The average molecular weight is 285 g/mol. The van der Waals surface area contributed by atoms with Crippen LogP contribution in [0.3, 0.4) is 0 Å². The molecule has 21 heavy (non-hydrogen) atoms. The van der Waals surface area contributed by atoms with Crippen molar-refractivity contribution >= 4 is 5.69 Å². The zero-order valence-electron chi connectivity index (χ0n) is 11.7. The van der Waals surface area contributed by atoms with E-state index in [1.807, 2.05) is 10.9 Å². The van der Waals surface area contributed by atoms with Crippen molar-refractivity contribution in [3.63, 3.8) is 0 Å². The molecule has 0 spiro atoms. The number of nitrogens with zero attached hydrogens (tertiary/aromatic N) is 4. The molecule has 1 aromatic carbocycles. The van der Waals surface area contributed by atoms with E-state index in [0.29, 0.717) is 11.4 Å². The van der Waals surface area contributed by atoms with Crippen LogP contribution < -0.4 is 5.73 Å². The molecule has 0 atom stereocenters. The van der Waals surface area contributed by atoms with E-state index in [1.54, 1.807) is 29.4 Å². The van der Waals surface area contributed by atoms with Gasteiger partial charge in [-0.3, -0.25) is 9.25 Å². The molecule has 3 aromatic rings. The Balaban J connectivity index is 2.06. The highest BCUT2D eigenvalue weighted by Gasteiger charge is 2.12. The van der Waals surface area contributed by atoms with Crippen molar-refractivity contribution in [3.05, 3.63) is 48.9 Å². The summed E-state index contributed by atoms with van der Waals surface area (Å²) in [5.74, 6) is -0.343. The maximum Gasteiger partial charge on any atom is 0.147 e. The molecule has 0 saturated heterocycles. The van der Waals surface area contributed by atoms with E-state index < -0.39 is 0 Å². The number of nitrogens with two attached hydrogens (primary N) is 1. The smallest absolute Gasteiger partial charge is 0.147 e. The van der Waals surface area contributed by atoms with Gasteiger partial charge in [0.25, 0.3) is 0 Å². The van der Waals surface area contributed by atoms with Gasteiger partial charge in [-0.2, -0.15) is 5.10 Å². The van der Waals surface area contributed by atoms with E-state index in [4.69, 9.17) is 5.73 Å². The Bertz CT molecular complexity index is 759. The lowest BCUT2D eigenvalue weighted by molar-refractivity contribution is 0.603. The highest BCUT2D eigenvalue weighted by Crippen LogP contribution is 2.25. The SMILES string of the molecule is CCCn1cc(-c2cncn2-c2cc(N)ccc2F)cn1. The Morgan fingerprint density at radius 3 is 2.95 bits per heavy atom. The molecule has 0 aliphatic carbocycles. The van der Waals surface area contributed by atoms with Gasteiger partial charge >= 0.3 is 0 Å². The van der Waals surface area contributed by atoms with Crippen LogP contribution in [0.4, 0.5) is 10.1 Å². The maximum absolute atomic E-state index is 14.0. The van der Waals surface area contributed by atoms with Gasteiger partial charge < -0.3 is 5.73 Å². The molecule has 0 aliphatic rings. The van der Waals surface area contributed by atoms with Crippen LogP contribution in [-0.4, -0.2) is 19.3 Å². The summed E-state index contributed by atoms with van der Waals surface area (Å²) in [5.41, 5.74) is 8.31. The number of aryl methyl sites for hydroxylation is 1. The Morgan fingerprint density at radius 2 is 2.14 bits per heavy atom. The van der Waals surface area contributed by atoms with Gasteiger partial charge in [-0.1, -0.05) is 6.92 Å². The van der Waals surface area contributed by atoms with Gasteiger partial charge in [-0.25, -0.2) is 9.37 Å². The van der Waals surface area contributed by atoms with Gasteiger partial charge in [0, 0.05) is 24.0 Å². The van der Waals surface area contributed by atoms with E-state index in [-0.39, 0.29) is 5.82 Å². The molecule has 0 radical (unpaired) electrons. The number of nitrogen functional groups attached to an aromatic ring is 1. The summed E-state index contributed by atoms with van der Waals surface area (Å²) in [4.78, 5) is 4.12. The predicted molar refractivity (Wildman–Crippen MR) is 79.4 cm³/mol. The monoisotopic (exact) mass is 285 g/mol. The van der Waals surface area contributed by atoms with Crippen molar-refractivity contribution in [1.29, 1.82) is 0 Å². The van der Waals surface area contributed by atoms with E-state index in [0.717, 1.165) is 24.2 Å². The summed E-state index contributed by atoms with van der Waals surface area (Å²) in [5, 5.41) is 4.29. The van der Waals surface area contributed by atoms with Crippen molar-refractivity contribution < 1.29 is 4.39 Å². The number of anilines is 1. The van der Waals surface area contributed by atoms with Crippen LogP contribution in [0.15, 0.2) is 43.1 Å². The van der Waals surface area contributed by atoms with Crippen molar-refractivity contribution in [3.8, 4) is 16.9 Å². The van der Waals surface area contributed by atoms with Crippen LogP contribution in [0.2, 0.25) is 0 Å². The van der Waals surface area contributed by atoms with Gasteiger partial charge in [-0.15, -0.1) is 0 Å². The standard InChI is InChI=1S/C15H16FN5/c1-2-5-20-9-11(7-19-20)15-8-18-10-21(15)14-6-12(17)3-4-13(14)16/h3-4,6-10H,2,5,17H2,1H3. The lowest BCUT2D eigenvalue weighted by atomic mass is 10.2. The van der Waals surface area contributed by atoms with Crippen molar-refractivity contribution in [2.45, 2.75) is 19.9 Å². The molecular formula is C15H16FN5. The maximum atomic E-state index is 14.0. The zero-order chi connectivity index (χ0) is 14.8. The second-order valence-electron chi connectivity index (χ2n) is 4.85. The largest absolute Gasteiger partial charge is 0.399 e. The van der Waals surface area contributed by atoms with E-state index >= 15 is 0 Å². The van der Waals surface area contributed by atoms with Crippen LogP contribution in [0.25, 0.3) is 16.9 Å². The van der Waals surface area contributed by atoms with Crippen LogP contribution >= 0.6 is 0 Å². The van der Waals surface area contributed by atoms with Crippen LogP contribution in [0.1, 0.15) is 13.3 Å². The summed E-state index contributed by atoms with van der Waals surface area (Å²) in [6.45, 7) is 2.94. The quantitative estimate of drug-likeness (QED) is 0.750. The summed E-state index contributed by atoms with van der Waals surface area (Å²) in [7, 11) is 0. The van der Waals surface area contributed by atoms with Gasteiger partial charge in [0.15, 0.2) is 0 Å². The molecule has 108 valence electrons. The minimum Gasteiger partial charge on any atom is -0.399 e. The molecule has 2 aromatic heterocycles. The van der Waals surface area contributed by atoms with Gasteiger partial charge in [0.05, 0.1) is 30.1 Å². The van der Waals surface area contributed by atoms with E-state index in [2.05, 4.69) is 17.0 Å². The Morgan fingerprint density at radius 1 is 1.29 bits per heavy atom. The molecule has 5 nitrogen and oxygen atoms in total. The van der Waals surface area contributed by atoms with E-state index in [1.165, 1.54) is 12.1 Å². The number of imidazole rings is 1. The first-order valence-corrected chi connectivity index (χ1v) is 6.79. The molecule has 0 unspecified atom stereocenters. The molecule has 0 aliphatic heterocycles. The third-order valence-electron chi connectivity index (χ3n) is 3.25. The Labute approximate surface area is 121 Å². The third-order valence-corrected chi connectivity index (χ3v) is 3.25. The minimum absolute atomic E-state index is 0.343. The van der Waals surface area contributed by atoms with Crippen LogP contribution in [-0.2, 0) is 6.54 Å². The highest BCUT2D eigenvalue weighted by atomic mass is 19.1. The summed E-state index contributed by atoms with van der Waals surface area (Å²) in [6.07, 6.45) is 7.96. The lowest BCUT2D eigenvalue weighted by Gasteiger charge is -2.08. The number of aromatic nitrogens is 4. The Hall–Kier alpha value is -2.63. The molecular weight excluding hydrogens is 269 g/mol. The highest BCUT2D eigenvalue weighted by molar-refractivity contribution is 5.61. The molecule has 2 N–H and O–H groups in total. The number of rotatable bonds is 4. The number of hydrogen-bond donors (Lipinski definition) is 1. The molecule has 6 heteroatoms. The molecule has 3 rings (SSSR count). The number of halogens is 1. The minimum atomic E-state index is -0.343. The molecule has 0 bridgehead atoms. The summed E-state index contributed by atoms with van der Waals surface area (Å²) < 4.78 is 17.6. The van der Waals surface area contributed by atoms with Gasteiger partial charge in [0.2, 0.25) is 0 Å². The van der Waals surface area contributed by atoms with E-state index in [9.17, 15) is 4.39 Å². The fourth-order valence-corrected chi connectivity index (χ4v) is 2.26. The second-order valence-corrected chi connectivity index (χ2v) is 4.85. The summed E-state index contributed by atoms with van der Waals surface area (Å²) in [6, 6.07) is 4.49. The third kappa shape index (κ3) is 2.52. The second kappa shape index (κ2) is 5.40. The van der Waals surface area contributed by atoms with Crippen LogP contribution in [0.5, 0.6) is 0 Å². The topological polar surface area (TPSA) is 61.7 Å².